The topological polar surface area (TPSA) is 45.0 Å². The Morgan fingerprint density at radius 3 is 2.55 bits per heavy atom. The van der Waals surface area contributed by atoms with Crippen molar-refractivity contribution in [1.82, 2.24) is 0 Å². The minimum atomic E-state index is 0.594. The van der Waals surface area contributed by atoms with Crippen LogP contribution in [0.25, 0.3) is 0 Å². The van der Waals surface area contributed by atoms with E-state index >= 15 is 0 Å². The summed E-state index contributed by atoms with van der Waals surface area (Å²) in [5, 5.41) is 12.4. The molecule has 0 aromatic heterocycles. The number of hydrogen-bond acceptors (Lipinski definition) is 4. The lowest BCUT2D eigenvalue weighted by atomic mass is 10.2. The molecule has 0 aliphatic carbocycles. The van der Waals surface area contributed by atoms with Gasteiger partial charge in [-0.15, -0.1) is 11.8 Å². The van der Waals surface area contributed by atoms with Crippen molar-refractivity contribution in [2.24, 2.45) is 0 Å². The minimum absolute atomic E-state index is 0.594. The van der Waals surface area contributed by atoms with Crippen LogP contribution >= 0.6 is 11.8 Å². The molecule has 0 bridgehead atoms. The number of hydrogen-bond donors (Lipinski definition) is 1. The number of nitrogens with one attached hydrogen (secondary N) is 1. The van der Waals surface area contributed by atoms with E-state index in [2.05, 4.69) is 18.3 Å². The second kappa shape index (κ2) is 6.88. The Morgan fingerprint density at radius 1 is 1.20 bits per heavy atom. The van der Waals surface area contributed by atoms with Gasteiger partial charge in [0, 0.05) is 17.6 Å². The van der Waals surface area contributed by atoms with E-state index in [0.717, 1.165) is 22.1 Å². The molecule has 2 rings (SSSR count). The van der Waals surface area contributed by atoms with Crippen LogP contribution in [0.5, 0.6) is 11.5 Å². The molecule has 20 heavy (non-hydrogen) atoms. The molecule has 1 N–H and O–H groups in total. The van der Waals surface area contributed by atoms with Gasteiger partial charge in [-0.1, -0.05) is 13.0 Å². The van der Waals surface area contributed by atoms with Gasteiger partial charge in [-0.3, -0.25) is 0 Å². The first-order valence-corrected chi connectivity index (χ1v) is 7.38. The number of ether oxygens (including phenoxy) is 1. The third-order valence-electron chi connectivity index (χ3n) is 2.77. The fourth-order valence-electron chi connectivity index (χ4n) is 1.80. The van der Waals surface area contributed by atoms with E-state index in [0.29, 0.717) is 11.3 Å². The standard InChI is InChI=1S/C16H16N2OS/c1-3-20-16-6-4-5-15(14(16)11-17)19-13-9-7-12(18-2)8-10-13/h4-10,18H,3H2,1-2H3. The van der Waals surface area contributed by atoms with E-state index in [9.17, 15) is 5.26 Å². The quantitative estimate of drug-likeness (QED) is 0.821. The average molecular weight is 284 g/mol. The summed E-state index contributed by atoms with van der Waals surface area (Å²) in [5.74, 6) is 2.25. The summed E-state index contributed by atoms with van der Waals surface area (Å²) >= 11 is 1.64. The number of nitriles is 1. The van der Waals surface area contributed by atoms with Gasteiger partial charge in [-0.25, -0.2) is 0 Å². The highest BCUT2D eigenvalue weighted by Crippen LogP contribution is 2.32. The van der Waals surface area contributed by atoms with E-state index in [-0.39, 0.29) is 0 Å². The average Bonchev–Trinajstić information content (AvgIpc) is 2.49. The molecule has 0 saturated carbocycles. The number of nitrogens with zero attached hydrogens (tertiary/aromatic N) is 1. The van der Waals surface area contributed by atoms with Crippen LogP contribution in [0, 0.1) is 11.3 Å². The van der Waals surface area contributed by atoms with Gasteiger partial charge < -0.3 is 10.1 Å². The lowest BCUT2D eigenvalue weighted by Crippen LogP contribution is -1.92. The van der Waals surface area contributed by atoms with E-state index in [1.807, 2.05) is 49.5 Å². The third kappa shape index (κ3) is 3.25. The highest BCUT2D eigenvalue weighted by atomic mass is 32.2. The maximum absolute atomic E-state index is 9.33. The molecule has 0 aliphatic heterocycles. The fourth-order valence-corrected chi connectivity index (χ4v) is 2.58. The lowest BCUT2D eigenvalue weighted by molar-refractivity contribution is 0.479. The molecule has 0 amide bonds. The van der Waals surface area contributed by atoms with E-state index < -0.39 is 0 Å². The Bertz CT molecular complexity index is 617. The van der Waals surface area contributed by atoms with Gasteiger partial charge in [0.05, 0.1) is 0 Å². The van der Waals surface area contributed by atoms with Crippen molar-refractivity contribution in [3.63, 3.8) is 0 Å². The fraction of sp³-hybridized carbons (Fsp3) is 0.188. The summed E-state index contributed by atoms with van der Waals surface area (Å²) in [4.78, 5) is 0.958. The zero-order chi connectivity index (χ0) is 14.4. The Morgan fingerprint density at radius 2 is 1.95 bits per heavy atom. The summed E-state index contributed by atoms with van der Waals surface area (Å²) in [5.41, 5.74) is 1.62. The molecule has 0 atom stereocenters. The molecule has 0 unspecified atom stereocenters. The summed E-state index contributed by atoms with van der Waals surface area (Å²) in [6.45, 7) is 2.07. The van der Waals surface area contributed by atoms with Gasteiger partial charge in [0.2, 0.25) is 0 Å². The van der Waals surface area contributed by atoms with Crippen molar-refractivity contribution < 1.29 is 4.74 Å². The Kier molecular flexibility index (Phi) is 4.91. The van der Waals surface area contributed by atoms with Crippen LogP contribution in [-0.4, -0.2) is 12.8 Å². The number of anilines is 1. The zero-order valence-corrected chi connectivity index (χ0v) is 12.3. The third-order valence-corrected chi connectivity index (χ3v) is 3.71. The zero-order valence-electron chi connectivity index (χ0n) is 11.5. The van der Waals surface area contributed by atoms with E-state index in [1.165, 1.54) is 0 Å². The van der Waals surface area contributed by atoms with Crippen LogP contribution in [0.15, 0.2) is 47.4 Å². The SMILES string of the molecule is CCSc1cccc(Oc2ccc(NC)cc2)c1C#N. The maximum Gasteiger partial charge on any atom is 0.146 e. The molecular weight excluding hydrogens is 268 g/mol. The smallest absolute Gasteiger partial charge is 0.146 e. The monoisotopic (exact) mass is 284 g/mol. The molecule has 4 heteroatoms. The molecule has 0 heterocycles. The van der Waals surface area contributed by atoms with Crippen molar-refractivity contribution in [3.05, 3.63) is 48.0 Å². The van der Waals surface area contributed by atoms with E-state index in [4.69, 9.17) is 4.74 Å². The van der Waals surface area contributed by atoms with Crippen molar-refractivity contribution in [2.75, 3.05) is 18.1 Å². The molecule has 0 saturated heterocycles. The molecule has 2 aromatic carbocycles. The lowest BCUT2D eigenvalue weighted by Gasteiger charge is -2.10. The predicted octanol–water partition coefficient (Wildman–Crippen LogP) is 4.50. The van der Waals surface area contributed by atoms with Crippen LogP contribution in [-0.2, 0) is 0 Å². The molecule has 0 fully saturated rings. The van der Waals surface area contributed by atoms with Gasteiger partial charge >= 0.3 is 0 Å². The number of benzene rings is 2. The second-order valence-corrected chi connectivity index (χ2v) is 5.36. The van der Waals surface area contributed by atoms with Gasteiger partial charge in [-0.2, -0.15) is 5.26 Å². The molecular formula is C16H16N2OS. The molecule has 2 aromatic rings. The van der Waals surface area contributed by atoms with Crippen LogP contribution in [0.4, 0.5) is 5.69 Å². The van der Waals surface area contributed by atoms with Gasteiger partial charge in [0.1, 0.15) is 23.1 Å². The summed E-state index contributed by atoms with van der Waals surface area (Å²) in [6, 6.07) is 15.6. The van der Waals surface area contributed by atoms with Crippen molar-refractivity contribution >= 4 is 17.4 Å². The molecule has 0 radical (unpaired) electrons. The Balaban J connectivity index is 2.28. The van der Waals surface area contributed by atoms with Crippen molar-refractivity contribution in [2.45, 2.75) is 11.8 Å². The highest BCUT2D eigenvalue weighted by molar-refractivity contribution is 7.99. The van der Waals surface area contributed by atoms with Gasteiger partial charge in [0.25, 0.3) is 0 Å². The van der Waals surface area contributed by atoms with Crippen LogP contribution in [0.2, 0.25) is 0 Å². The predicted molar refractivity (Wildman–Crippen MR) is 83.6 cm³/mol. The molecule has 102 valence electrons. The van der Waals surface area contributed by atoms with Crippen molar-refractivity contribution in [1.29, 1.82) is 5.26 Å². The highest BCUT2D eigenvalue weighted by Gasteiger charge is 2.10. The normalized spacial score (nSPS) is 9.85. The molecule has 0 spiro atoms. The van der Waals surface area contributed by atoms with Crippen LogP contribution in [0.3, 0.4) is 0 Å². The van der Waals surface area contributed by atoms with Gasteiger partial charge in [0.15, 0.2) is 0 Å². The molecule has 0 aliphatic rings. The first kappa shape index (κ1) is 14.3. The Labute approximate surface area is 123 Å². The summed E-state index contributed by atoms with van der Waals surface area (Å²) in [6.07, 6.45) is 0. The summed E-state index contributed by atoms with van der Waals surface area (Å²) < 4.78 is 5.82. The van der Waals surface area contributed by atoms with Crippen LogP contribution < -0.4 is 10.1 Å². The Hall–Kier alpha value is -2.12. The van der Waals surface area contributed by atoms with Gasteiger partial charge in [-0.05, 0) is 42.2 Å². The number of thioether (sulfide) groups is 1. The van der Waals surface area contributed by atoms with E-state index in [1.54, 1.807) is 11.8 Å². The number of rotatable bonds is 5. The largest absolute Gasteiger partial charge is 0.456 e. The maximum atomic E-state index is 9.33. The van der Waals surface area contributed by atoms with Crippen LogP contribution in [0.1, 0.15) is 12.5 Å². The second-order valence-electron chi connectivity index (χ2n) is 4.05. The van der Waals surface area contributed by atoms with Crippen molar-refractivity contribution in [3.8, 4) is 17.6 Å². The first-order chi connectivity index (χ1) is 9.78. The minimum Gasteiger partial charge on any atom is -0.456 e. The first-order valence-electron chi connectivity index (χ1n) is 6.40. The summed E-state index contributed by atoms with van der Waals surface area (Å²) in [7, 11) is 1.87. The molecule has 3 nitrogen and oxygen atoms in total.